The highest BCUT2D eigenvalue weighted by Gasteiger charge is 2.22. The predicted octanol–water partition coefficient (Wildman–Crippen LogP) is 2.67. The van der Waals surface area contributed by atoms with Gasteiger partial charge in [-0.05, 0) is 44.9 Å². The molecule has 2 heterocycles. The molecule has 1 saturated heterocycles. The first kappa shape index (κ1) is 16.7. The van der Waals surface area contributed by atoms with Gasteiger partial charge in [0.1, 0.15) is 0 Å². The highest BCUT2D eigenvalue weighted by molar-refractivity contribution is 5.76. The van der Waals surface area contributed by atoms with Crippen molar-refractivity contribution in [3.63, 3.8) is 0 Å². The molecule has 0 saturated carbocycles. The Morgan fingerprint density at radius 3 is 2.75 bits per heavy atom. The van der Waals surface area contributed by atoms with E-state index >= 15 is 0 Å². The summed E-state index contributed by atoms with van der Waals surface area (Å²) in [5, 5.41) is 4.65. The van der Waals surface area contributed by atoms with Gasteiger partial charge in [0.05, 0.1) is 24.1 Å². The van der Waals surface area contributed by atoms with Crippen molar-refractivity contribution in [1.29, 1.82) is 0 Å². The molecule has 1 aromatic heterocycles. The maximum Gasteiger partial charge on any atom is 0.223 e. The molecule has 5 nitrogen and oxygen atoms in total. The Balaban J connectivity index is 1.69. The molecule has 1 aliphatic rings. The molecule has 3 rings (SSSR count). The van der Waals surface area contributed by atoms with Crippen molar-refractivity contribution in [3.05, 3.63) is 47.3 Å². The van der Waals surface area contributed by atoms with E-state index in [9.17, 15) is 4.79 Å². The topological polar surface area (TPSA) is 47.4 Å². The number of carbonyl (C=O) groups is 1. The molecule has 0 bridgehead atoms. The van der Waals surface area contributed by atoms with Gasteiger partial charge in [-0.2, -0.15) is 5.10 Å². The number of hydrogen-bond acceptors (Lipinski definition) is 3. The van der Waals surface area contributed by atoms with Gasteiger partial charge in [-0.3, -0.25) is 4.79 Å². The average molecular weight is 327 g/mol. The summed E-state index contributed by atoms with van der Waals surface area (Å²) in [5.74, 6) is 0.205. The first-order valence-electron chi connectivity index (χ1n) is 8.56. The maximum absolute atomic E-state index is 12.5. The summed E-state index contributed by atoms with van der Waals surface area (Å²) >= 11 is 0. The van der Waals surface area contributed by atoms with E-state index in [-0.39, 0.29) is 12.0 Å². The third kappa shape index (κ3) is 3.51. The third-order valence-electron chi connectivity index (χ3n) is 4.62. The number of rotatable bonds is 4. The lowest BCUT2D eigenvalue weighted by Crippen LogP contribution is -2.44. The number of aromatic nitrogens is 2. The molecule has 5 heteroatoms. The minimum atomic E-state index is 0.131. The normalized spacial score (nSPS) is 18.0. The van der Waals surface area contributed by atoms with Crippen molar-refractivity contribution < 1.29 is 9.53 Å². The van der Waals surface area contributed by atoms with Gasteiger partial charge in [0.15, 0.2) is 0 Å². The molecule has 1 unspecified atom stereocenters. The molecule has 1 fully saturated rings. The minimum Gasteiger partial charge on any atom is -0.375 e. The van der Waals surface area contributed by atoms with Gasteiger partial charge in [-0.1, -0.05) is 18.2 Å². The maximum atomic E-state index is 12.5. The number of carbonyl (C=O) groups excluding carboxylic acids is 1. The van der Waals surface area contributed by atoms with Gasteiger partial charge in [0.2, 0.25) is 5.91 Å². The van der Waals surface area contributed by atoms with E-state index < -0.39 is 0 Å². The lowest BCUT2D eigenvalue weighted by Gasteiger charge is -2.31. The van der Waals surface area contributed by atoms with Gasteiger partial charge in [0.25, 0.3) is 0 Å². The molecule has 24 heavy (non-hydrogen) atoms. The number of benzene rings is 1. The van der Waals surface area contributed by atoms with Crippen LogP contribution in [0.25, 0.3) is 5.69 Å². The monoisotopic (exact) mass is 327 g/mol. The van der Waals surface area contributed by atoms with E-state index in [2.05, 4.69) is 12.0 Å². The number of morpholine rings is 1. The molecule has 0 aliphatic carbocycles. The van der Waals surface area contributed by atoms with Crippen molar-refractivity contribution in [2.24, 2.45) is 0 Å². The van der Waals surface area contributed by atoms with Crippen LogP contribution in [0.3, 0.4) is 0 Å². The number of nitrogens with zero attached hydrogens (tertiary/aromatic N) is 3. The van der Waals surface area contributed by atoms with Crippen LogP contribution in [0.2, 0.25) is 0 Å². The summed E-state index contributed by atoms with van der Waals surface area (Å²) in [6.45, 7) is 8.13. The third-order valence-corrected chi connectivity index (χ3v) is 4.62. The van der Waals surface area contributed by atoms with Gasteiger partial charge in [-0.15, -0.1) is 0 Å². The molecular formula is C19H25N3O2. The lowest BCUT2D eigenvalue weighted by molar-refractivity contribution is -0.138. The summed E-state index contributed by atoms with van der Waals surface area (Å²) in [6, 6.07) is 10.1. The average Bonchev–Trinajstić information content (AvgIpc) is 2.88. The fraction of sp³-hybridized carbons (Fsp3) is 0.474. The van der Waals surface area contributed by atoms with Crippen LogP contribution in [-0.4, -0.2) is 46.4 Å². The number of hydrogen-bond donors (Lipinski definition) is 0. The number of aryl methyl sites for hydroxylation is 1. The van der Waals surface area contributed by atoms with E-state index in [0.717, 1.165) is 23.5 Å². The van der Waals surface area contributed by atoms with Crippen molar-refractivity contribution in [2.45, 2.75) is 39.7 Å². The Kier molecular flexibility index (Phi) is 5.00. The number of amides is 1. The van der Waals surface area contributed by atoms with E-state index in [1.165, 1.54) is 5.56 Å². The quantitative estimate of drug-likeness (QED) is 0.867. The summed E-state index contributed by atoms with van der Waals surface area (Å²) in [7, 11) is 0. The molecule has 1 atom stereocenters. The second-order valence-electron chi connectivity index (χ2n) is 6.42. The van der Waals surface area contributed by atoms with Crippen LogP contribution in [0.1, 0.15) is 30.3 Å². The Labute approximate surface area is 143 Å². The first-order valence-corrected chi connectivity index (χ1v) is 8.56. The SMILES string of the molecule is Cc1nn(-c2ccccc2)c(C)c1CCC(=O)N1CCOC(C)C1. The first-order chi connectivity index (χ1) is 11.6. The molecule has 128 valence electrons. The lowest BCUT2D eigenvalue weighted by atomic mass is 10.1. The zero-order valence-corrected chi connectivity index (χ0v) is 14.7. The van der Waals surface area contributed by atoms with Crippen LogP contribution < -0.4 is 0 Å². The van der Waals surface area contributed by atoms with E-state index in [1.54, 1.807) is 0 Å². The van der Waals surface area contributed by atoms with E-state index in [1.807, 2.05) is 53.8 Å². The van der Waals surface area contributed by atoms with Gasteiger partial charge >= 0.3 is 0 Å². The second-order valence-corrected chi connectivity index (χ2v) is 6.42. The molecule has 2 aromatic rings. The summed E-state index contributed by atoms with van der Waals surface area (Å²) in [5.41, 5.74) is 4.34. The Hall–Kier alpha value is -2.14. The number of para-hydroxylation sites is 1. The summed E-state index contributed by atoms with van der Waals surface area (Å²) in [6.07, 6.45) is 1.39. The molecule has 1 amide bonds. The molecule has 1 aliphatic heterocycles. The van der Waals surface area contributed by atoms with Crippen molar-refractivity contribution in [1.82, 2.24) is 14.7 Å². The van der Waals surface area contributed by atoms with Crippen LogP contribution in [0.5, 0.6) is 0 Å². The highest BCUT2D eigenvalue weighted by Crippen LogP contribution is 2.20. The standard InChI is InChI=1S/C19H25N3O2/c1-14-13-21(11-12-24-14)19(23)10-9-18-15(2)20-22(16(18)3)17-7-5-4-6-8-17/h4-8,14H,9-13H2,1-3H3. The molecule has 0 spiro atoms. The minimum absolute atomic E-state index is 0.131. The van der Waals surface area contributed by atoms with Crippen LogP contribution in [0, 0.1) is 13.8 Å². The van der Waals surface area contributed by atoms with Crippen molar-refractivity contribution >= 4 is 5.91 Å². The second kappa shape index (κ2) is 7.18. The number of ether oxygens (including phenoxy) is 1. The van der Waals surface area contributed by atoms with Crippen LogP contribution in [0.4, 0.5) is 0 Å². The molecule has 1 aromatic carbocycles. The van der Waals surface area contributed by atoms with Crippen LogP contribution in [-0.2, 0) is 16.0 Å². The summed E-state index contributed by atoms with van der Waals surface area (Å²) < 4.78 is 7.47. The van der Waals surface area contributed by atoms with Crippen molar-refractivity contribution in [2.75, 3.05) is 19.7 Å². The summed E-state index contributed by atoms with van der Waals surface area (Å²) in [4.78, 5) is 14.4. The molecule has 0 radical (unpaired) electrons. The van der Waals surface area contributed by atoms with E-state index in [4.69, 9.17) is 4.74 Å². The molecular weight excluding hydrogens is 302 g/mol. The van der Waals surface area contributed by atoms with E-state index in [0.29, 0.717) is 26.1 Å². The Morgan fingerprint density at radius 2 is 2.04 bits per heavy atom. The van der Waals surface area contributed by atoms with Gasteiger partial charge in [-0.25, -0.2) is 4.68 Å². The Bertz CT molecular complexity index is 709. The van der Waals surface area contributed by atoms with Gasteiger partial charge < -0.3 is 9.64 Å². The predicted molar refractivity (Wildman–Crippen MR) is 93.4 cm³/mol. The Morgan fingerprint density at radius 1 is 1.29 bits per heavy atom. The van der Waals surface area contributed by atoms with Crippen LogP contribution in [0.15, 0.2) is 30.3 Å². The zero-order chi connectivity index (χ0) is 17.1. The largest absolute Gasteiger partial charge is 0.375 e. The fourth-order valence-corrected chi connectivity index (χ4v) is 3.29. The van der Waals surface area contributed by atoms with Crippen molar-refractivity contribution in [3.8, 4) is 5.69 Å². The smallest absolute Gasteiger partial charge is 0.223 e. The van der Waals surface area contributed by atoms with Crippen LogP contribution >= 0.6 is 0 Å². The van der Waals surface area contributed by atoms with Gasteiger partial charge in [0, 0.05) is 25.2 Å². The zero-order valence-electron chi connectivity index (χ0n) is 14.7. The molecule has 0 N–H and O–H groups in total. The highest BCUT2D eigenvalue weighted by atomic mass is 16.5. The fourth-order valence-electron chi connectivity index (χ4n) is 3.29.